The van der Waals surface area contributed by atoms with Crippen molar-refractivity contribution in [3.63, 3.8) is 0 Å². The largest absolute Gasteiger partial charge is 0.446 e. The van der Waals surface area contributed by atoms with E-state index in [-0.39, 0.29) is 42.9 Å². The number of unbranched alkanes of at least 4 members (excludes halogenated alkanes) is 1. The lowest BCUT2D eigenvalue weighted by molar-refractivity contribution is -0.130. The van der Waals surface area contributed by atoms with Crippen molar-refractivity contribution >= 4 is 26.5 Å². The Hall–Kier alpha value is -2.29. The van der Waals surface area contributed by atoms with Crippen molar-refractivity contribution < 1.29 is 22.6 Å². The predicted molar refractivity (Wildman–Crippen MR) is 138 cm³/mol. The summed E-state index contributed by atoms with van der Waals surface area (Å²) in [6, 6.07) is 7.72. The molecular weight excluding hydrogens is 468 g/mol. The molecule has 0 spiro atoms. The summed E-state index contributed by atoms with van der Waals surface area (Å²) in [5.41, 5.74) is -0.488. The molecule has 0 fully saturated rings. The molecule has 1 aromatic rings. The van der Waals surface area contributed by atoms with Crippen LogP contribution in [0.2, 0.25) is 6.04 Å². The van der Waals surface area contributed by atoms with Crippen LogP contribution in [0.1, 0.15) is 72.3 Å². The van der Waals surface area contributed by atoms with Gasteiger partial charge in [-0.1, -0.05) is 77.8 Å². The fourth-order valence-corrected chi connectivity index (χ4v) is 5.80. The Morgan fingerprint density at radius 2 is 1.63 bits per heavy atom. The number of nitrogens with one attached hydrogen (secondary N) is 3. The molecule has 0 bridgehead atoms. The minimum absolute atomic E-state index is 0.0632. The van der Waals surface area contributed by atoms with Crippen LogP contribution in [0.4, 0.5) is 8.22 Å². The highest BCUT2D eigenvalue weighted by molar-refractivity contribution is 6.68. The van der Waals surface area contributed by atoms with Crippen LogP contribution in [0.5, 0.6) is 0 Å². The summed E-state index contributed by atoms with van der Waals surface area (Å²) in [4.78, 5) is 37.8. The van der Waals surface area contributed by atoms with Crippen LogP contribution in [0, 0.1) is 11.8 Å². The van der Waals surface area contributed by atoms with Crippen molar-refractivity contribution in [1.82, 2.24) is 16.0 Å². The number of hydrogen-bond donors (Lipinski definition) is 3. The zero-order valence-corrected chi connectivity index (χ0v) is 22.8. The normalized spacial score (nSPS) is 14.2. The first-order chi connectivity index (χ1) is 16.5. The molecule has 0 saturated carbocycles. The lowest BCUT2D eigenvalue weighted by Crippen LogP contribution is -2.58. The van der Waals surface area contributed by atoms with Crippen LogP contribution in [-0.4, -0.2) is 44.7 Å². The van der Waals surface area contributed by atoms with Crippen LogP contribution >= 0.6 is 0 Å². The fourth-order valence-electron chi connectivity index (χ4n) is 3.72. The first-order valence-electron chi connectivity index (χ1n) is 12.8. The molecule has 0 aromatic heterocycles. The maximum Gasteiger partial charge on any atom is 0.446 e. The van der Waals surface area contributed by atoms with Gasteiger partial charge in [-0.3, -0.25) is 22.6 Å². The predicted octanol–water partition coefficient (Wildman–Crippen LogP) is 4.52. The van der Waals surface area contributed by atoms with Gasteiger partial charge in [-0.25, -0.2) is 0 Å². The summed E-state index contributed by atoms with van der Waals surface area (Å²) in [6.45, 7) is 9.84. The highest BCUT2D eigenvalue weighted by Crippen LogP contribution is 2.25. The molecule has 0 radical (unpaired) electrons. The number of hydrogen-bond acceptors (Lipinski definition) is 3. The number of benzene rings is 1. The Morgan fingerprint density at radius 3 is 2.20 bits per heavy atom. The number of halogens is 2. The molecule has 6 nitrogen and oxygen atoms in total. The number of carbonyl (C=O) groups is 3. The molecular formula is C26H43F2N3O3Si. The van der Waals surface area contributed by atoms with Gasteiger partial charge in [-0.05, 0) is 30.2 Å². The van der Waals surface area contributed by atoms with E-state index in [1.54, 1.807) is 0 Å². The minimum Gasteiger partial charge on any atom is -0.356 e. The third-order valence-corrected chi connectivity index (χ3v) is 8.41. The topological polar surface area (TPSA) is 87.3 Å². The van der Waals surface area contributed by atoms with Gasteiger partial charge in [0, 0.05) is 19.0 Å². The van der Waals surface area contributed by atoms with E-state index in [9.17, 15) is 14.4 Å². The molecule has 0 saturated heterocycles. The van der Waals surface area contributed by atoms with Gasteiger partial charge in [0.25, 0.3) is 0 Å². The molecule has 0 aliphatic heterocycles. The average molecular weight is 512 g/mol. The van der Waals surface area contributed by atoms with Crippen molar-refractivity contribution in [1.29, 1.82) is 0 Å². The molecule has 3 atom stereocenters. The van der Waals surface area contributed by atoms with Gasteiger partial charge in [0.2, 0.25) is 17.7 Å². The Bertz CT molecular complexity index is 793. The highest BCUT2D eigenvalue weighted by atomic mass is 28.4. The van der Waals surface area contributed by atoms with Crippen LogP contribution in [0.3, 0.4) is 0 Å². The summed E-state index contributed by atoms with van der Waals surface area (Å²) in [7, 11) is -4.97. The quantitative estimate of drug-likeness (QED) is 0.173. The smallest absolute Gasteiger partial charge is 0.356 e. The highest BCUT2D eigenvalue weighted by Gasteiger charge is 2.46. The van der Waals surface area contributed by atoms with Gasteiger partial charge < -0.3 is 16.0 Å². The van der Waals surface area contributed by atoms with Crippen molar-refractivity contribution in [2.75, 3.05) is 6.54 Å². The summed E-state index contributed by atoms with van der Waals surface area (Å²) in [6.07, 6.45) is 2.29. The van der Waals surface area contributed by atoms with E-state index >= 15 is 8.22 Å². The second kappa shape index (κ2) is 15.7. The van der Waals surface area contributed by atoms with E-state index in [1.165, 1.54) is 0 Å². The van der Waals surface area contributed by atoms with Crippen molar-refractivity contribution in [3.8, 4) is 0 Å². The fraction of sp³-hybridized carbons (Fsp3) is 0.654. The third kappa shape index (κ3) is 11.8. The maximum absolute atomic E-state index is 15.3. The summed E-state index contributed by atoms with van der Waals surface area (Å²) in [5.74, 6) is -1.59. The first kappa shape index (κ1) is 30.7. The Balaban J connectivity index is 2.88. The van der Waals surface area contributed by atoms with Crippen LogP contribution in [-0.2, 0) is 20.8 Å². The van der Waals surface area contributed by atoms with E-state index in [4.69, 9.17) is 0 Å². The number of carbonyl (C=O) groups excluding carboxylic acids is 3. The zero-order valence-electron chi connectivity index (χ0n) is 21.8. The molecule has 35 heavy (non-hydrogen) atoms. The van der Waals surface area contributed by atoms with Gasteiger partial charge >= 0.3 is 8.74 Å². The lowest BCUT2D eigenvalue weighted by Gasteiger charge is -2.30. The summed E-state index contributed by atoms with van der Waals surface area (Å²) in [5, 5.41) is 8.01. The van der Waals surface area contributed by atoms with E-state index in [1.807, 2.05) is 65.0 Å². The van der Waals surface area contributed by atoms with Gasteiger partial charge in [0.15, 0.2) is 0 Å². The van der Waals surface area contributed by atoms with Crippen LogP contribution in [0.15, 0.2) is 30.3 Å². The van der Waals surface area contributed by atoms with Crippen molar-refractivity contribution in [3.05, 3.63) is 35.9 Å². The van der Waals surface area contributed by atoms with Gasteiger partial charge in [-0.15, -0.1) is 0 Å². The average Bonchev–Trinajstić information content (AvgIpc) is 2.80. The van der Waals surface area contributed by atoms with E-state index in [2.05, 4.69) is 16.0 Å². The SMILES string of the molecule is CCCCNC(=O)CC[Si](F)(F)[C@H](CC(C)C)NC(=O)[C@@H](NC(=O)Cc1ccccc1)[C@@H](C)CC. The third-order valence-electron chi connectivity index (χ3n) is 6.09. The molecule has 198 valence electrons. The summed E-state index contributed by atoms with van der Waals surface area (Å²) >= 11 is 0. The molecule has 3 N–H and O–H groups in total. The number of amides is 3. The van der Waals surface area contributed by atoms with Crippen LogP contribution < -0.4 is 16.0 Å². The maximum atomic E-state index is 15.3. The Morgan fingerprint density at radius 1 is 0.971 bits per heavy atom. The molecule has 0 heterocycles. The second-order valence-electron chi connectivity index (χ2n) is 9.75. The van der Waals surface area contributed by atoms with Gasteiger partial charge in [-0.2, -0.15) is 0 Å². The van der Waals surface area contributed by atoms with Crippen molar-refractivity contribution in [2.24, 2.45) is 11.8 Å². The molecule has 9 heteroatoms. The van der Waals surface area contributed by atoms with Gasteiger partial charge in [0.05, 0.1) is 12.1 Å². The minimum atomic E-state index is -4.97. The molecule has 0 aliphatic carbocycles. The molecule has 1 rings (SSSR count). The van der Waals surface area contributed by atoms with E-state index < -0.39 is 32.4 Å². The molecule has 0 unspecified atom stereocenters. The number of rotatable bonds is 16. The Labute approximate surface area is 210 Å². The van der Waals surface area contributed by atoms with E-state index in [0.29, 0.717) is 13.0 Å². The monoisotopic (exact) mass is 511 g/mol. The second-order valence-corrected chi connectivity index (χ2v) is 12.5. The Kier molecular flexibility index (Phi) is 13.7. The molecule has 3 amide bonds. The first-order valence-corrected chi connectivity index (χ1v) is 14.8. The lowest BCUT2D eigenvalue weighted by atomic mass is 9.97. The summed E-state index contributed by atoms with van der Waals surface area (Å²) < 4.78 is 30.6. The van der Waals surface area contributed by atoms with Crippen LogP contribution in [0.25, 0.3) is 0 Å². The molecule has 0 aliphatic rings. The zero-order chi connectivity index (χ0) is 26.4. The standard InChI is InChI=1S/C26H43F2N3O3Si/c1-6-8-15-29-22(32)14-16-35(27,28)24(17-19(3)4)31-26(34)25(20(5)7-2)30-23(33)18-21-12-10-9-11-13-21/h9-13,19-20,24-25H,6-8,14-18H2,1-5H3,(H,29,32)(H,30,33)(H,31,34)/t20-,24+,25-/m0/s1. The molecule has 1 aromatic carbocycles. The van der Waals surface area contributed by atoms with Gasteiger partial charge in [0.1, 0.15) is 6.04 Å². The van der Waals surface area contributed by atoms with Crippen molar-refractivity contribution in [2.45, 2.75) is 90.9 Å². The van der Waals surface area contributed by atoms with E-state index in [0.717, 1.165) is 18.4 Å².